The molecule has 0 saturated carbocycles. The van der Waals surface area contributed by atoms with Crippen molar-refractivity contribution >= 4 is 61.4 Å². The van der Waals surface area contributed by atoms with Gasteiger partial charge in [-0.3, -0.25) is 0 Å². The Bertz CT molecular complexity index is 3520. The van der Waals surface area contributed by atoms with E-state index < -0.39 is 5.41 Å². The van der Waals surface area contributed by atoms with E-state index in [-0.39, 0.29) is 0 Å². The van der Waals surface area contributed by atoms with Gasteiger partial charge in [0.15, 0.2) is 0 Å². The van der Waals surface area contributed by atoms with Crippen molar-refractivity contribution in [2.75, 3.05) is 4.90 Å². The Morgan fingerprint density at radius 2 is 1.00 bits per heavy atom. The third-order valence-corrected chi connectivity index (χ3v) is 14.4. The number of para-hydroxylation sites is 3. The van der Waals surface area contributed by atoms with Crippen LogP contribution in [0.5, 0.6) is 0 Å². The predicted octanol–water partition coefficient (Wildman–Crippen LogP) is 15.9. The Morgan fingerprint density at radius 3 is 1.81 bits per heavy atom. The molecule has 0 radical (unpaired) electrons. The topological polar surface area (TPSA) is 8.17 Å². The minimum Gasteiger partial charge on any atom is -0.310 e. The van der Waals surface area contributed by atoms with Gasteiger partial charge in [-0.25, -0.2) is 0 Å². The van der Waals surface area contributed by atoms with Crippen molar-refractivity contribution in [3.8, 4) is 27.9 Å². The quantitative estimate of drug-likeness (QED) is 0.171. The zero-order valence-electron chi connectivity index (χ0n) is 33.7. The van der Waals surface area contributed by atoms with Crippen molar-refractivity contribution < 1.29 is 0 Å². The molecule has 1 aliphatic carbocycles. The van der Waals surface area contributed by atoms with Crippen molar-refractivity contribution in [2.45, 2.75) is 15.2 Å². The Morgan fingerprint density at radius 1 is 0.387 bits per heavy atom. The summed E-state index contributed by atoms with van der Waals surface area (Å²) in [7, 11) is 0. The average Bonchev–Trinajstić information content (AvgIpc) is 3.83. The second-order valence-electron chi connectivity index (χ2n) is 16.4. The van der Waals surface area contributed by atoms with Gasteiger partial charge < -0.3 is 9.47 Å². The van der Waals surface area contributed by atoms with Crippen molar-refractivity contribution in [3.63, 3.8) is 0 Å². The summed E-state index contributed by atoms with van der Waals surface area (Å²) in [6, 6.07) is 85.4. The molecule has 290 valence electrons. The van der Waals surface area contributed by atoms with Gasteiger partial charge in [0.2, 0.25) is 0 Å². The molecule has 1 aromatic heterocycles. The van der Waals surface area contributed by atoms with Crippen LogP contribution < -0.4 is 4.90 Å². The molecule has 1 aliphatic heterocycles. The van der Waals surface area contributed by atoms with Crippen LogP contribution in [0.1, 0.15) is 22.3 Å². The lowest BCUT2D eigenvalue weighted by Crippen LogP contribution is -2.32. The second-order valence-corrected chi connectivity index (χ2v) is 17.5. The number of fused-ring (bicyclic) bond motifs is 14. The van der Waals surface area contributed by atoms with Gasteiger partial charge in [-0.2, -0.15) is 0 Å². The first kappa shape index (κ1) is 35.2. The zero-order valence-corrected chi connectivity index (χ0v) is 34.6. The molecule has 0 amide bonds. The first-order valence-electron chi connectivity index (χ1n) is 21.3. The van der Waals surface area contributed by atoms with Gasteiger partial charge >= 0.3 is 0 Å². The maximum absolute atomic E-state index is 2.52. The third kappa shape index (κ3) is 5.00. The molecule has 0 saturated heterocycles. The fourth-order valence-electron chi connectivity index (χ4n) is 10.7. The van der Waals surface area contributed by atoms with Gasteiger partial charge in [0.05, 0.1) is 22.1 Å². The summed E-state index contributed by atoms with van der Waals surface area (Å²) in [6.07, 6.45) is 0. The smallest absolute Gasteiger partial charge is 0.0736 e. The highest BCUT2D eigenvalue weighted by molar-refractivity contribution is 7.99. The Hall–Kier alpha value is -7.59. The van der Waals surface area contributed by atoms with Crippen LogP contribution in [0.15, 0.2) is 240 Å². The highest BCUT2D eigenvalue weighted by Gasteiger charge is 2.51. The van der Waals surface area contributed by atoms with Gasteiger partial charge in [0.1, 0.15) is 0 Å². The van der Waals surface area contributed by atoms with E-state index in [1.54, 1.807) is 0 Å². The molecule has 2 nitrogen and oxygen atoms in total. The molecule has 1 spiro atoms. The normalized spacial score (nSPS) is 13.2. The number of hydrogen-bond acceptors (Lipinski definition) is 2. The van der Waals surface area contributed by atoms with Crippen LogP contribution >= 0.6 is 11.8 Å². The van der Waals surface area contributed by atoms with E-state index in [1.165, 1.54) is 86.9 Å². The lowest BCUT2D eigenvalue weighted by Gasteiger charge is -2.40. The van der Waals surface area contributed by atoms with Crippen molar-refractivity contribution in [1.29, 1.82) is 0 Å². The number of anilines is 3. The van der Waals surface area contributed by atoms with Crippen LogP contribution in [0, 0.1) is 0 Å². The van der Waals surface area contributed by atoms with Gasteiger partial charge in [0.25, 0.3) is 0 Å². The number of rotatable bonds is 5. The Balaban J connectivity index is 1.13. The van der Waals surface area contributed by atoms with E-state index >= 15 is 0 Å². The SMILES string of the molecule is c1ccc(-c2ccccc2N(c2ccc3c(c2)C2(c4ccccc4Sc4ccccc42)c2ccc4ccccc4c2-3)c2ccc3c(c2)c2ccccc2n3-c2ccccc2)cc1. The maximum atomic E-state index is 2.52. The van der Waals surface area contributed by atoms with E-state index in [0.717, 1.165) is 22.7 Å². The third-order valence-electron chi connectivity index (χ3n) is 13.2. The van der Waals surface area contributed by atoms with Gasteiger partial charge in [-0.05, 0) is 116 Å². The molecule has 0 bridgehead atoms. The lowest BCUT2D eigenvalue weighted by molar-refractivity contribution is 0.723. The molecule has 13 rings (SSSR count). The molecule has 2 heterocycles. The summed E-state index contributed by atoms with van der Waals surface area (Å²) < 4.78 is 2.40. The molecule has 62 heavy (non-hydrogen) atoms. The number of nitrogens with zero attached hydrogens (tertiary/aromatic N) is 2. The molecule has 0 unspecified atom stereocenters. The maximum Gasteiger partial charge on any atom is 0.0736 e. The minimum absolute atomic E-state index is 0.527. The highest BCUT2D eigenvalue weighted by atomic mass is 32.2. The molecule has 10 aromatic carbocycles. The molecule has 0 atom stereocenters. The van der Waals surface area contributed by atoms with E-state index in [4.69, 9.17) is 0 Å². The predicted molar refractivity (Wildman–Crippen MR) is 260 cm³/mol. The van der Waals surface area contributed by atoms with E-state index in [0.29, 0.717) is 0 Å². The average molecular weight is 807 g/mol. The van der Waals surface area contributed by atoms with Crippen LogP contribution in [-0.4, -0.2) is 4.57 Å². The standard InChI is InChI=1S/C59H38N2S/c1-3-17-39(18-4-1)44-22-9-13-27-53(44)60(42-33-36-55-48(37-42)46-24-10-14-28-54(46)61(55)41-20-5-2-6-21-41)43-32-34-47-52(38-43)59(51-35-31-40-19-7-8-23-45(40)58(47)51)49-25-11-15-29-56(49)62-57-30-16-12-26-50(57)59/h1-38H. The molecule has 2 aliphatic rings. The molecule has 0 fully saturated rings. The van der Waals surface area contributed by atoms with Gasteiger partial charge in [-0.1, -0.05) is 176 Å². The minimum atomic E-state index is -0.527. The van der Waals surface area contributed by atoms with Crippen LogP contribution in [0.3, 0.4) is 0 Å². The second kappa shape index (κ2) is 13.7. The van der Waals surface area contributed by atoms with Gasteiger partial charge in [-0.15, -0.1) is 0 Å². The fraction of sp³-hybridized carbons (Fsp3) is 0.0169. The Labute approximate surface area is 365 Å². The molecular weight excluding hydrogens is 769 g/mol. The summed E-state index contributed by atoms with van der Waals surface area (Å²) in [6.45, 7) is 0. The van der Waals surface area contributed by atoms with Crippen molar-refractivity contribution in [1.82, 2.24) is 4.57 Å². The van der Waals surface area contributed by atoms with E-state index in [9.17, 15) is 0 Å². The summed E-state index contributed by atoms with van der Waals surface area (Å²) in [5, 5.41) is 4.99. The van der Waals surface area contributed by atoms with E-state index in [1.807, 2.05) is 11.8 Å². The number of benzene rings is 10. The summed E-state index contributed by atoms with van der Waals surface area (Å²) >= 11 is 1.89. The number of aromatic nitrogens is 1. The van der Waals surface area contributed by atoms with E-state index in [2.05, 4.69) is 240 Å². The molecule has 3 heteroatoms. The fourth-order valence-corrected chi connectivity index (χ4v) is 11.9. The monoisotopic (exact) mass is 806 g/mol. The Kier molecular flexibility index (Phi) is 7.79. The summed E-state index contributed by atoms with van der Waals surface area (Å²) in [5.74, 6) is 0. The first-order chi connectivity index (χ1) is 30.8. The van der Waals surface area contributed by atoms with Crippen molar-refractivity contribution in [3.05, 3.63) is 253 Å². The van der Waals surface area contributed by atoms with Crippen LogP contribution in [-0.2, 0) is 5.41 Å². The molecular formula is C59H38N2S. The first-order valence-corrected chi connectivity index (χ1v) is 22.2. The van der Waals surface area contributed by atoms with Crippen LogP contribution in [0.4, 0.5) is 17.1 Å². The van der Waals surface area contributed by atoms with Crippen LogP contribution in [0.25, 0.3) is 60.5 Å². The van der Waals surface area contributed by atoms with Crippen LogP contribution in [0.2, 0.25) is 0 Å². The molecule has 0 N–H and O–H groups in total. The zero-order chi connectivity index (χ0) is 40.8. The lowest BCUT2D eigenvalue weighted by atomic mass is 9.67. The largest absolute Gasteiger partial charge is 0.310 e. The molecule has 11 aromatic rings. The number of hydrogen-bond donors (Lipinski definition) is 0. The van der Waals surface area contributed by atoms with Crippen molar-refractivity contribution in [2.24, 2.45) is 0 Å². The highest BCUT2D eigenvalue weighted by Crippen LogP contribution is 2.64. The van der Waals surface area contributed by atoms with Gasteiger partial charge in [0, 0.05) is 43.2 Å². The summed E-state index contributed by atoms with van der Waals surface area (Å²) in [4.78, 5) is 5.10. The summed E-state index contributed by atoms with van der Waals surface area (Å²) in [5.41, 5.74) is 16.6.